The Kier molecular flexibility index (Phi) is 6.04. The van der Waals surface area contributed by atoms with Crippen LogP contribution in [0.5, 0.6) is 0 Å². The number of aromatic nitrogens is 1. The number of thiazole rings is 1. The van der Waals surface area contributed by atoms with Crippen LogP contribution in [0.15, 0.2) is 65.4 Å². The van der Waals surface area contributed by atoms with Gasteiger partial charge in [0, 0.05) is 17.7 Å². The lowest BCUT2D eigenvalue weighted by Crippen LogP contribution is -3.12. The highest BCUT2D eigenvalue weighted by atomic mass is 32.1. The topological polar surface area (TPSA) is 46.4 Å². The Morgan fingerprint density at radius 3 is 2.62 bits per heavy atom. The van der Waals surface area contributed by atoms with Gasteiger partial charge >= 0.3 is 0 Å². The van der Waals surface area contributed by atoms with E-state index in [4.69, 9.17) is 4.98 Å². The number of carbonyl (C=O) groups excluding carboxylic acids is 1. The molecule has 148 valence electrons. The summed E-state index contributed by atoms with van der Waals surface area (Å²) in [4.78, 5) is 18.5. The largest absolute Gasteiger partial charge is 0.324 e. The van der Waals surface area contributed by atoms with Gasteiger partial charge < -0.3 is 10.2 Å². The number of quaternary nitrogens is 1. The third kappa shape index (κ3) is 4.90. The van der Waals surface area contributed by atoms with E-state index in [0.717, 1.165) is 29.2 Å². The lowest BCUT2D eigenvalue weighted by Gasteiger charge is -2.20. The van der Waals surface area contributed by atoms with Gasteiger partial charge in [-0.3, -0.25) is 4.79 Å². The summed E-state index contributed by atoms with van der Waals surface area (Å²) < 4.78 is 1.22. The molecule has 0 saturated carbocycles. The maximum atomic E-state index is 12.6. The van der Waals surface area contributed by atoms with Crippen molar-refractivity contribution < 1.29 is 9.69 Å². The van der Waals surface area contributed by atoms with Crippen LogP contribution in [0.1, 0.15) is 23.1 Å². The van der Waals surface area contributed by atoms with Crippen molar-refractivity contribution in [1.29, 1.82) is 0 Å². The molecule has 29 heavy (non-hydrogen) atoms. The molecule has 4 nitrogen and oxygen atoms in total. The molecule has 0 aliphatic heterocycles. The Bertz CT molecular complexity index is 1050. The van der Waals surface area contributed by atoms with Gasteiger partial charge in [0.25, 0.3) is 5.91 Å². The van der Waals surface area contributed by atoms with E-state index in [1.165, 1.54) is 20.7 Å². The molecule has 0 spiro atoms. The zero-order chi connectivity index (χ0) is 20.2. The van der Waals surface area contributed by atoms with E-state index in [1.807, 2.05) is 37.3 Å². The second-order valence-electron chi connectivity index (χ2n) is 7.31. The normalized spacial score (nSPS) is 13.3. The van der Waals surface area contributed by atoms with E-state index < -0.39 is 0 Å². The van der Waals surface area contributed by atoms with Crippen LogP contribution in [0.25, 0.3) is 10.2 Å². The highest BCUT2D eigenvalue weighted by Crippen LogP contribution is 2.24. The maximum Gasteiger partial charge on any atom is 0.282 e. The van der Waals surface area contributed by atoms with Crippen molar-refractivity contribution in [3.05, 3.63) is 81.5 Å². The van der Waals surface area contributed by atoms with Crippen LogP contribution >= 0.6 is 22.7 Å². The molecule has 0 radical (unpaired) electrons. The van der Waals surface area contributed by atoms with Crippen LogP contribution in [0, 0.1) is 0 Å². The number of hydrogen-bond donors (Lipinski definition) is 2. The van der Waals surface area contributed by atoms with Crippen molar-refractivity contribution in [3.8, 4) is 0 Å². The lowest BCUT2D eigenvalue weighted by molar-refractivity contribution is -0.907. The Morgan fingerprint density at radius 1 is 1.10 bits per heavy atom. The van der Waals surface area contributed by atoms with E-state index in [-0.39, 0.29) is 11.9 Å². The van der Waals surface area contributed by atoms with Gasteiger partial charge in [-0.2, -0.15) is 11.3 Å². The van der Waals surface area contributed by atoms with E-state index in [2.05, 4.69) is 47.4 Å². The third-order valence-electron chi connectivity index (χ3n) is 5.11. The van der Waals surface area contributed by atoms with Crippen LogP contribution < -0.4 is 10.2 Å². The van der Waals surface area contributed by atoms with Crippen molar-refractivity contribution in [3.63, 3.8) is 0 Å². The fraction of sp³-hybridized carbons (Fsp3) is 0.217. The Hall–Kier alpha value is -2.54. The van der Waals surface area contributed by atoms with Gasteiger partial charge in [-0.1, -0.05) is 24.3 Å². The van der Waals surface area contributed by atoms with Gasteiger partial charge in [-0.15, -0.1) is 11.3 Å². The fourth-order valence-electron chi connectivity index (χ4n) is 3.22. The molecule has 2 aromatic carbocycles. The van der Waals surface area contributed by atoms with Crippen LogP contribution in [0.4, 0.5) is 5.69 Å². The minimum absolute atomic E-state index is 0.0386. The average Bonchev–Trinajstić information content (AvgIpc) is 3.37. The lowest BCUT2D eigenvalue weighted by atomic mass is 10.1. The molecule has 1 unspecified atom stereocenters. The standard InChI is InChI=1S/C23H23N3OS2/c1-16(26(2)14-18-11-12-28-15-18)23(27)24-19-9-7-17(8-10-19)13-22-25-20-5-3-4-6-21(20)29-22/h3-12,15-16H,13-14H2,1-2H3,(H,24,27)/p+1/t16-/m0/s1. The summed E-state index contributed by atoms with van der Waals surface area (Å²) in [5.74, 6) is 0.0386. The summed E-state index contributed by atoms with van der Waals surface area (Å²) in [5.41, 5.74) is 4.35. The predicted octanol–water partition coefficient (Wildman–Crippen LogP) is 3.99. The van der Waals surface area contributed by atoms with E-state index >= 15 is 0 Å². The molecular formula is C23H24N3OS2+. The molecule has 0 bridgehead atoms. The highest BCUT2D eigenvalue weighted by Gasteiger charge is 2.22. The summed E-state index contributed by atoms with van der Waals surface area (Å²) in [5, 5.41) is 8.36. The number of carbonyl (C=O) groups is 1. The van der Waals surface area contributed by atoms with Gasteiger partial charge in [-0.25, -0.2) is 4.98 Å². The molecule has 0 aliphatic carbocycles. The molecule has 2 N–H and O–H groups in total. The average molecular weight is 423 g/mol. The third-order valence-corrected chi connectivity index (χ3v) is 6.88. The van der Waals surface area contributed by atoms with Gasteiger partial charge in [0.1, 0.15) is 6.54 Å². The van der Waals surface area contributed by atoms with Crippen LogP contribution in [-0.4, -0.2) is 24.0 Å². The molecule has 2 atom stereocenters. The van der Waals surface area contributed by atoms with Crippen molar-refractivity contribution in [1.82, 2.24) is 4.98 Å². The van der Waals surface area contributed by atoms with E-state index in [0.29, 0.717) is 0 Å². The van der Waals surface area contributed by atoms with Crippen molar-refractivity contribution in [2.24, 2.45) is 0 Å². The fourth-order valence-corrected chi connectivity index (χ4v) is 4.89. The first-order valence-corrected chi connectivity index (χ1v) is 11.4. The van der Waals surface area contributed by atoms with Crippen LogP contribution in [0.3, 0.4) is 0 Å². The number of amides is 1. The molecule has 4 aromatic rings. The zero-order valence-corrected chi connectivity index (χ0v) is 18.1. The molecule has 2 heterocycles. The number of likely N-dealkylation sites (N-methyl/N-ethyl adjacent to an activating group) is 1. The summed E-state index contributed by atoms with van der Waals surface area (Å²) in [6, 6.07) is 18.3. The van der Waals surface area contributed by atoms with E-state index in [1.54, 1.807) is 22.7 Å². The molecular weight excluding hydrogens is 398 g/mol. The molecule has 2 aromatic heterocycles. The number of benzene rings is 2. The van der Waals surface area contributed by atoms with Gasteiger partial charge in [-0.05, 0) is 53.6 Å². The minimum Gasteiger partial charge on any atom is -0.324 e. The number of para-hydroxylation sites is 1. The number of anilines is 1. The molecule has 0 saturated heterocycles. The van der Waals surface area contributed by atoms with Crippen LogP contribution in [-0.2, 0) is 17.8 Å². The molecule has 0 fully saturated rings. The first kappa shape index (κ1) is 19.8. The van der Waals surface area contributed by atoms with Gasteiger partial charge in [0.15, 0.2) is 6.04 Å². The Balaban J connectivity index is 1.35. The number of nitrogens with zero attached hydrogens (tertiary/aromatic N) is 1. The quantitative estimate of drug-likeness (QED) is 0.473. The number of fused-ring (bicyclic) bond motifs is 1. The van der Waals surface area contributed by atoms with Gasteiger partial charge in [0.05, 0.1) is 22.3 Å². The monoisotopic (exact) mass is 422 g/mol. The number of rotatable bonds is 7. The highest BCUT2D eigenvalue weighted by molar-refractivity contribution is 7.18. The predicted molar refractivity (Wildman–Crippen MR) is 122 cm³/mol. The molecule has 0 aliphatic rings. The smallest absolute Gasteiger partial charge is 0.282 e. The second-order valence-corrected chi connectivity index (χ2v) is 9.21. The summed E-state index contributed by atoms with van der Waals surface area (Å²) in [6.07, 6.45) is 0.803. The first-order valence-electron chi connectivity index (χ1n) is 9.66. The number of thiophene rings is 1. The molecule has 6 heteroatoms. The molecule has 1 amide bonds. The maximum absolute atomic E-state index is 12.6. The minimum atomic E-state index is -0.127. The summed E-state index contributed by atoms with van der Waals surface area (Å²) in [7, 11) is 2.06. The van der Waals surface area contributed by atoms with Gasteiger partial charge in [0.2, 0.25) is 0 Å². The molecule has 4 rings (SSSR count). The first-order chi connectivity index (χ1) is 14.1. The van der Waals surface area contributed by atoms with Crippen molar-refractivity contribution in [2.45, 2.75) is 25.9 Å². The Morgan fingerprint density at radius 2 is 1.90 bits per heavy atom. The number of nitrogens with one attached hydrogen (secondary N) is 2. The second kappa shape index (κ2) is 8.86. The Labute approximate surface area is 178 Å². The van der Waals surface area contributed by atoms with Crippen molar-refractivity contribution >= 4 is 44.5 Å². The van der Waals surface area contributed by atoms with E-state index in [9.17, 15) is 4.79 Å². The SMILES string of the molecule is C[C@@H](C(=O)Nc1ccc(Cc2nc3ccccc3s2)cc1)[NH+](C)Cc1ccsc1. The van der Waals surface area contributed by atoms with Crippen LogP contribution in [0.2, 0.25) is 0 Å². The number of hydrogen-bond acceptors (Lipinski definition) is 4. The summed E-state index contributed by atoms with van der Waals surface area (Å²) >= 11 is 3.42. The summed E-state index contributed by atoms with van der Waals surface area (Å²) in [6.45, 7) is 2.82. The van der Waals surface area contributed by atoms with Crippen molar-refractivity contribution in [2.75, 3.05) is 12.4 Å². The zero-order valence-electron chi connectivity index (χ0n) is 16.5.